The van der Waals surface area contributed by atoms with Crippen molar-refractivity contribution in [2.75, 3.05) is 11.5 Å². The minimum atomic E-state index is 0.813. The molecule has 1 aromatic heterocycles. The number of aryl methyl sites for hydroxylation is 2. The van der Waals surface area contributed by atoms with Gasteiger partial charge in [-0.2, -0.15) is 0 Å². The highest BCUT2D eigenvalue weighted by atomic mass is 32.2. The number of hydrogen-bond donors (Lipinski definition) is 1. The molecule has 0 saturated carbocycles. The number of tetrazole rings is 1. The van der Waals surface area contributed by atoms with Gasteiger partial charge in [0.25, 0.3) is 0 Å². The van der Waals surface area contributed by atoms with Gasteiger partial charge in [0.15, 0.2) is 0 Å². The van der Waals surface area contributed by atoms with Crippen LogP contribution in [-0.4, -0.2) is 26.0 Å². The molecular weight excluding hydrogens is 234 g/mol. The van der Waals surface area contributed by atoms with E-state index in [4.69, 9.17) is 5.73 Å². The SMILES string of the molecule is Cn1nnnc1SCCCc1ccc(N)cc1. The summed E-state index contributed by atoms with van der Waals surface area (Å²) in [6.45, 7) is 0. The van der Waals surface area contributed by atoms with E-state index < -0.39 is 0 Å². The first-order valence-corrected chi connectivity index (χ1v) is 6.44. The second-order valence-corrected chi connectivity index (χ2v) is 4.84. The highest BCUT2D eigenvalue weighted by Gasteiger charge is 2.02. The zero-order valence-electron chi connectivity index (χ0n) is 9.71. The highest BCUT2D eigenvalue weighted by molar-refractivity contribution is 7.99. The zero-order valence-corrected chi connectivity index (χ0v) is 10.5. The fourth-order valence-electron chi connectivity index (χ4n) is 1.47. The van der Waals surface area contributed by atoms with Gasteiger partial charge in [-0.1, -0.05) is 23.9 Å². The molecule has 0 radical (unpaired) electrons. The van der Waals surface area contributed by atoms with E-state index in [0.717, 1.165) is 29.4 Å². The van der Waals surface area contributed by atoms with Crippen LogP contribution in [0.2, 0.25) is 0 Å². The lowest BCUT2D eigenvalue weighted by Gasteiger charge is -2.01. The summed E-state index contributed by atoms with van der Waals surface area (Å²) in [6, 6.07) is 8.03. The zero-order chi connectivity index (χ0) is 12.1. The summed E-state index contributed by atoms with van der Waals surface area (Å²) in [6.07, 6.45) is 2.15. The van der Waals surface area contributed by atoms with Gasteiger partial charge < -0.3 is 5.73 Å². The molecule has 6 heteroatoms. The smallest absolute Gasteiger partial charge is 0.209 e. The predicted molar refractivity (Wildman–Crippen MR) is 68.7 cm³/mol. The lowest BCUT2D eigenvalue weighted by atomic mass is 10.1. The molecule has 0 aliphatic heterocycles. The van der Waals surface area contributed by atoms with Crippen molar-refractivity contribution in [1.82, 2.24) is 20.2 Å². The van der Waals surface area contributed by atoms with Crippen molar-refractivity contribution >= 4 is 17.4 Å². The molecule has 90 valence electrons. The summed E-state index contributed by atoms with van der Waals surface area (Å²) < 4.78 is 1.69. The maximum absolute atomic E-state index is 5.63. The molecule has 0 spiro atoms. The van der Waals surface area contributed by atoms with Crippen molar-refractivity contribution in [3.8, 4) is 0 Å². The summed E-state index contributed by atoms with van der Waals surface area (Å²) >= 11 is 1.68. The maximum atomic E-state index is 5.63. The van der Waals surface area contributed by atoms with E-state index in [0.29, 0.717) is 0 Å². The molecule has 2 N–H and O–H groups in total. The summed E-state index contributed by atoms with van der Waals surface area (Å²) in [7, 11) is 1.85. The minimum absolute atomic E-state index is 0.813. The van der Waals surface area contributed by atoms with Gasteiger partial charge >= 0.3 is 0 Å². The summed E-state index contributed by atoms with van der Waals surface area (Å²) in [5.74, 6) is 1.01. The molecule has 1 heterocycles. The van der Waals surface area contributed by atoms with Gasteiger partial charge in [-0.15, -0.1) is 5.10 Å². The Morgan fingerprint density at radius 1 is 1.29 bits per heavy atom. The fraction of sp³-hybridized carbons (Fsp3) is 0.364. The lowest BCUT2D eigenvalue weighted by Crippen LogP contribution is -1.95. The van der Waals surface area contributed by atoms with Crippen LogP contribution in [0.5, 0.6) is 0 Å². The number of rotatable bonds is 5. The first-order chi connectivity index (χ1) is 8.25. The van der Waals surface area contributed by atoms with Crippen LogP contribution >= 0.6 is 11.8 Å². The first kappa shape index (κ1) is 11.9. The summed E-state index contributed by atoms with van der Waals surface area (Å²) in [5, 5.41) is 12.2. The lowest BCUT2D eigenvalue weighted by molar-refractivity contribution is 0.664. The van der Waals surface area contributed by atoms with Gasteiger partial charge in [-0.3, -0.25) is 0 Å². The van der Waals surface area contributed by atoms with Crippen molar-refractivity contribution in [3.05, 3.63) is 29.8 Å². The van der Waals surface area contributed by atoms with Crippen LogP contribution in [0, 0.1) is 0 Å². The minimum Gasteiger partial charge on any atom is -0.399 e. The largest absolute Gasteiger partial charge is 0.399 e. The monoisotopic (exact) mass is 249 g/mol. The quantitative estimate of drug-likeness (QED) is 0.494. The highest BCUT2D eigenvalue weighted by Crippen LogP contribution is 2.15. The number of nitrogens with zero attached hydrogens (tertiary/aromatic N) is 4. The molecule has 17 heavy (non-hydrogen) atoms. The van der Waals surface area contributed by atoms with Crippen LogP contribution in [0.1, 0.15) is 12.0 Å². The molecule has 1 aromatic carbocycles. The standard InChI is InChI=1S/C11H15N5S/c1-16-11(13-14-15-16)17-8-2-3-9-4-6-10(12)7-5-9/h4-7H,2-3,8,12H2,1H3. The average Bonchev–Trinajstić information content (AvgIpc) is 2.73. The third-order valence-electron chi connectivity index (χ3n) is 2.40. The Balaban J connectivity index is 1.73. The van der Waals surface area contributed by atoms with E-state index in [1.54, 1.807) is 16.4 Å². The van der Waals surface area contributed by atoms with Gasteiger partial charge in [0.1, 0.15) is 0 Å². The second-order valence-electron chi connectivity index (χ2n) is 3.78. The van der Waals surface area contributed by atoms with Crippen LogP contribution in [0.4, 0.5) is 5.69 Å². The van der Waals surface area contributed by atoms with Crippen molar-refractivity contribution in [3.63, 3.8) is 0 Å². The van der Waals surface area contributed by atoms with Crippen molar-refractivity contribution in [1.29, 1.82) is 0 Å². The molecule has 0 unspecified atom stereocenters. The first-order valence-electron chi connectivity index (χ1n) is 5.45. The normalized spacial score (nSPS) is 10.6. The van der Waals surface area contributed by atoms with Crippen molar-refractivity contribution in [2.24, 2.45) is 7.05 Å². The van der Waals surface area contributed by atoms with E-state index in [1.807, 2.05) is 19.2 Å². The van der Waals surface area contributed by atoms with Crippen molar-refractivity contribution in [2.45, 2.75) is 18.0 Å². The van der Waals surface area contributed by atoms with E-state index >= 15 is 0 Å². The molecule has 0 atom stereocenters. The third-order valence-corrected chi connectivity index (χ3v) is 3.50. The fourth-order valence-corrected chi connectivity index (χ4v) is 2.26. The molecule has 0 fully saturated rings. The van der Waals surface area contributed by atoms with E-state index in [1.165, 1.54) is 5.56 Å². The van der Waals surface area contributed by atoms with Gasteiger partial charge in [-0.05, 0) is 41.0 Å². The number of anilines is 1. The van der Waals surface area contributed by atoms with Gasteiger partial charge in [0.2, 0.25) is 5.16 Å². The molecule has 2 rings (SSSR count). The molecule has 0 bridgehead atoms. The van der Waals surface area contributed by atoms with Crippen molar-refractivity contribution < 1.29 is 0 Å². The van der Waals surface area contributed by atoms with Crippen LogP contribution in [0.25, 0.3) is 0 Å². The Hall–Kier alpha value is -1.56. The molecule has 0 saturated heterocycles. The summed E-state index contributed by atoms with van der Waals surface area (Å²) in [4.78, 5) is 0. The third kappa shape index (κ3) is 3.45. The van der Waals surface area contributed by atoms with E-state index in [-0.39, 0.29) is 0 Å². The molecule has 0 aliphatic carbocycles. The Kier molecular flexibility index (Phi) is 3.98. The number of nitrogen functional groups attached to an aromatic ring is 1. The number of benzene rings is 1. The average molecular weight is 249 g/mol. The molecular formula is C11H15N5S. The topological polar surface area (TPSA) is 69.6 Å². The number of hydrogen-bond acceptors (Lipinski definition) is 5. The summed E-state index contributed by atoms with van der Waals surface area (Å²) in [5.41, 5.74) is 7.76. The van der Waals surface area contributed by atoms with E-state index in [2.05, 4.69) is 27.7 Å². The Morgan fingerprint density at radius 3 is 2.71 bits per heavy atom. The van der Waals surface area contributed by atoms with Crippen LogP contribution in [-0.2, 0) is 13.5 Å². The molecule has 0 aliphatic rings. The van der Waals surface area contributed by atoms with Gasteiger partial charge in [0, 0.05) is 18.5 Å². The van der Waals surface area contributed by atoms with Gasteiger partial charge in [0.05, 0.1) is 0 Å². The predicted octanol–water partition coefficient (Wildman–Crippen LogP) is 1.52. The van der Waals surface area contributed by atoms with Crippen LogP contribution in [0.15, 0.2) is 29.4 Å². The molecule has 0 amide bonds. The second kappa shape index (κ2) is 5.67. The Labute approximate surface area is 104 Å². The molecule has 2 aromatic rings. The van der Waals surface area contributed by atoms with Gasteiger partial charge in [-0.25, -0.2) is 4.68 Å². The van der Waals surface area contributed by atoms with E-state index in [9.17, 15) is 0 Å². The number of thioether (sulfide) groups is 1. The van der Waals surface area contributed by atoms with Crippen LogP contribution < -0.4 is 5.73 Å². The number of aromatic nitrogens is 4. The van der Waals surface area contributed by atoms with Crippen LogP contribution in [0.3, 0.4) is 0 Å². The Bertz CT molecular complexity index is 465. The maximum Gasteiger partial charge on any atom is 0.209 e. The molecule has 5 nitrogen and oxygen atoms in total. The number of nitrogens with two attached hydrogens (primary N) is 1. The Morgan fingerprint density at radius 2 is 2.06 bits per heavy atom.